The number of benzene rings is 1. The Hall–Kier alpha value is -0.970. The quantitative estimate of drug-likeness (QED) is 0.928. The fourth-order valence-electron chi connectivity index (χ4n) is 2.78. The van der Waals surface area contributed by atoms with Gasteiger partial charge in [-0.25, -0.2) is 0 Å². The predicted molar refractivity (Wildman–Crippen MR) is 84.7 cm³/mol. The largest absolute Gasteiger partial charge is 0.378 e. The molecule has 0 amide bonds. The van der Waals surface area contributed by atoms with E-state index in [1.807, 2.05) is 12.3 Å². The fraction of sp³-hybridized carbons (Fsp3) is 0.438. The Morgan fingerprint density at radius 1 is 1.40 bits per heavy atom. The summed E-state index contributed by atoms with van der Waals surface area (Å²) in [6, 6.07) is 8.31. The highest BCUT2D eigenvalue weighted by Gasteiger charge is 2.23. The van der Waals surface area contributed by atoms with Gasteiger partial charge in [0.05, 0.1) is 11.6 Å². The minimum absolute atomic E-state index is 0.377. The van der Waals surface area contributed by atoms with E-state index in [1.54, 1.807) is 0 Å². The maximum absolute atomic E-state index is 5.60. The molecule has 3 rings (SSSR count). The highest BCUT2D eigenvalue weighted by molar-refractivity contribution is 9.10. The Bertz CT molecular complexity index is 602. The first kappa shape index (κ1) is 14.0. The predicted octanol–water partition coefficient (Wildman–Crippen LogP) is 3.51. The average Bonchev–Trinajstić information content (AvgIpc) is 2.87. The monoisotopic (exact) mass is 334 g/mol. The van der Waals surface area contributed by atoms with Gasteiger partial charge in [-0.1, -0.05) is 28.1 Å². The summed E-state index contributed by atoms with van der Waals surface area (Å²) in [5.41, 5.74) is 2.32. The van der Waals surface area contributed by atoms with E-state index in [0.29, 0.717) is 12.0 Å². The van der Waals surface area contributed by atoms with Crippen LogP contribution in [0.15, 0.2) is 34.9 Å². The van der Waals surface area contributed by atoms with Gasteiger partial charge in [0, 0.05) is 35.8 Å². The summed E-state index contributed by atoms with van der Waals surface area (Å²) in [4.78, 5) is 4.51. The molecule has 0 aliphatic carbocycles. The third kappa shape index (κ3) is 2.87. The number of pyridine rings is 1. The normalized spacial score (nSPS) is 22.5. The molecular formula is C16H19BrN2O. The van der Waals surface area contributed by atoms with E-state index in [9.17, 15) is 0 Å². The van der Waals surface area contributed by atoms with Gasteiger partial charge < -0.3 is 10.1 Å². The van der Waals surface area contributed by atoms with Crippen molar-refractivity contribution in [2.24, 2.45) is 5.92 Å². The molecule has 0 radical (unpaired) electrons. The molecule has 2 atom stereocenters. The smallest absolute Gasteiger partial charge is 0.0758 e. The molecule has 2 unspecified atom stereocenters. The summed E-state index contributed by atoms with van der Waals surface area (Å²) >= 11 is 3.58. The van der Waals surface area contributed by atoms with Gasteiger partial charge >= 0.3 is 0 Å². The van der Waals surface area contributed by atoms with Crippen LogP contribution in [0.4, 0.5) is 0 Å². The molecule has 3 nitrogen and oxygen atoms in total. The van der Waals surface area contributed by atoms with Gasteiger partial charge in [0.1, 0.15) is 0 Å². The first-order chi connectivity index (χ1) is 9.75. The molecule has 0 saturated carbocycles. The summed E-state index contributed by atoms with van der Waals surface area (Å²) in [5, 5.41) is 4.72. The number of hydrogen-bond donors (Lipinski definition) is 1. The standard InChI is InChI=1S/C16H19BrN2O/c1-11-12(6-8-20-11)9-18-10-13-4-5-15(17)14-3-2-7-19-16(13)14/h2-5,7,11-12,18H,6,8-10H2,1H3. The summed E-state index contributed by atoms with van der Waals surface area (Å²) < 4.78 is 6.69. The van der Waals surface area contributed by atoms with E-state index in [-0.39, 0.29) is 0 Å². The number of ether oxygens (including phenoxy) is 1. The number of nitrogens with one attached hydrogen (secondary N) is 1. The highest BCUT2D eigenvalue weighted by atomic mass is 79.9. The lowest BCUT2D eigenvalue weighted by atomic mass is 10.0. The molecule has 2 aromatic rings. The van der Waals surface area contributed by atoms with E-state index in [1.165, 1.54) is 10.9 Å². The molecule has 20 heavy (non-hydrogen) atoms. The van der Waals surface area contributed by atoms with Gasteiger partial charge in [0.2, 0.25) is 0 Å². The molecule has 2 heterocycles. The molecule has 0 bridgehead atoms. The van der Waals surface area contributed by atoms with Crippen LogP contribution in [0.3, 0.4) is 0 Å². The number of halogens is 1. The number of rotatable bonds is 4. The lowest BCUT2D eigenvalue weighted by Gasteiger charge is -2.15. The highest BCUT2D eigenvalue weighted by Crippen LogP contribution is 2.25. The number of hydrogen-bond acceptors (Lipinski definition) is 3. The maximum atomic E-state index is 5.60. The number of aromatic nitrogens is 1. The third-order valence-electron chi connectivity index (χ3n) is 4.06. The first-order valence-corrected chi connectivity index (χ1v) is 7.89. The molecule has 1 aromatic heterocycles. The molecule has 1 fully saturated rings. The van der Waals surface area contributed by atoms with E-state index in [2.05, 4.69) is 51.4 Å². The van der Waals surface area contributed by atoms with E-state index in [4.69, 9.17) is 4.74 Å². The van der Waals surface area contributed by atoms with Crippen LogP contribution < -0.4 is 5.32 Å². The topological polar surface area (TPSA) is 34.1 Å². The van der Waals surface area contributed by atoms with Crippen LogP contribution in [0.25, 0.3) is 10.9 Å². The van der Waals surface area contributed by atoms with Crippen molar-refractivity contribution in [2.45, 2.75) is 26.0 Å². The number of fused-ring (bicyclic) bond motifs is 1. The van der Waals surface area contributed by atoms with E-state index in [0.717, 1.165) is 36.1 Å². The van der Waals surface area contributed by atoms with Crippen LogP contribution in [0.2, 0.25) is 0 Å². The molecule has 1 aliphatic heterocycles. The summed E-state index contributed by atoms with van der Waals surface area (Å²) in [6.07, 6.45) is 3.39. The average molecular weight is 335 g/mol. The molecule has 106 valence electrons. The van der Waals surface area contributed by atoms with Crippen molar-refractivity contribution in [1.82, 2.24) is 10.3 Å². The second-order valence-corrected chi connectivity index (χ2v) is 6.22. The lowest BCUT2D eigenvalue weighted by molar-refractivity contribution is 0.105. The Morgan fingerprint density at radius 2 is 2.30 bits per heavy atom. The van der Waals surface area contributed by atoms with Crippen molar-refractivity contribution >= 4 is 26.8 Å². The van der Waals surface area contributed by atoms with Gasteiger partial charge in [-0.2, -0.15) is 0 Å². The molecule has 4 heteroatoms. The maximum Gasteiger partial charge on any atom is 0.0758 e. The summed E-state index contributed by atoms with van der Waals surface area (Å²) in [6.45, 7) is 4.92. The first-order valence-electron chi connectivity index (χ1n) is 7.10. The summed E-state index contributed by atoms with van der Waals surface area (Å²) in [5.74, 6) is 0.629. The van der Waals surface area contributed by atoms with Crippen molar-refractivity contribution in [3.63, 3.8) is 0 Å². The molecule has 1 aromatic carbocycles. The minimum atomic E-state index is 0.377. The van der Waals surface area contributed by atoms with Crippen LogP contribution in [-0.2, 0) is 11.3 Å². The zero-order valence-corrected chi connectivity index (χ0v) is 13.2. The Morgan fingerprint density at radius 3 is 3.10 bits per heavy atom. The molecule has 1 saturated heterocycles. The second-order valence-electron chi connectivity index (χ2n) is 5.36. The van der Waals surface area contributed by atoms with E-state index >= 15 is 0 Å². The van der Waals surface area contributed by atoms with Crippen LogP contribution >= 0.6 is 15.9 Å². The van der Waals surface area contributed by atoms with Crippen molar-refractivity contribution in [1.29, 1.82) is 0 Å². The van der Waals surface area contributed by atoms with Crippen LogP contribution in [0, 0.1) is 5.92 Å². The number of nitrogens with zero attached hydrogens (tertiary/aromatic N) is 1. The van der Waals surface area contributed by atoms with Gasteiger partial charge in [0.15, 0.2) is 0 Å². The zero-order valence-electron chi connectivity index (χ0n) is 11.6. The van der Waals surface area contributed by atoms with Crippen molar-refractivity contribution < 1.29 is 4.74 Å². The van der Waals surface area contributed by atoms with Crippen molar-refractivity contribution in [2.75, 3.05) is 13.2 Å². The molecular weight excluding hydrogens is 316 g/mol. The summed E-state index contributed by atoms with van der Waals surface area (Å²) in [7, 11) is 0. The lowest BCUT2D eigenvalue weighted by Crippen LogP contribution is -2.26. The van der Waals surface area contributed by atoms with Gasteiger partial charge in [-0.15, -0.1) is 0 Å². The van der Waals surface area contributed by atoms with Crippen LogP contribution in [0.1, 0.15) is 18.9 Å². The molecule has 0 spiro atoms. The third-order valence-corrected chi connectivity index (χ3v) is 4.75. The van der Waals surface area contributed by atoms with Gasteiger partial charge in [-0.3, -0.25) is 4.98 Å². The van der Waals surface area contributed by atoms with Crippen LogP contribution in [0.5, 0.6) is 0 Å². The van der Waals surface area contributed by atoms with Crippen molar-refractivity contribution in [3.05, 3.63) is 40.5 Å². The Kier molecular flexibility index (Phi) is 4.34. The Balaban J connectivity index is 1.70. The van der Waals surface area contributed by atoms with E-state index < -0.39 is 0 Å². The van der Waals surface area contributed by atoms with Crippen molar-refractivity contribution in [3.8, 4) is 0 Å². The Labute approximate surface area is 127 Å². The fourth-order valence-corrected chi connectivity index (χ4v) is 3.23. The zero-order chi connectivity index (χ0) is 13.9. The minimum Gasteiger partial charge on any atom is -0.378 e. The van der Waals surface area contributed by atoms with Crippen LogP contribution in [-0.4, -0.2) is 24.2 Å². The molecule has 1 N–H and O–H groups in total. The van der Waals surface area contributed by atoms with Gasteiger partial charge in [-0.05, 0) is 37.0 Å². The van der Waals surface area contributed by atoms with Gasteiger partial charge in [0.25, 0.3) is 0 Å². The molecule has 1 aliphatic rings. The second kappa shape index (κ2) is 6.20. The SMILES string of the molecule is CC1OCCC1CNCc1ccc(Br)c2cccnc12.